The van der Waals surface area contributed by atoms with E-state index in [0.717, 1.165) is 0 Å². The van der Waals surface area contributed by atoms with Crippen LogP contribution in [0.25, 0.3) is 0 Å². The predicted octanol–water partition coefficient (Wildman–Crippen LogP) is 2.56. The molecular weight excluding hydrogens is 258 g/mol. The lowest BCUT2D eigenvalue weighted by molar-refractivity contribution is -0.384. The van der Waals surface area contributed by atoms with Gasteiger partial charge in [-0.15, -0.1) is 0 Å². The van der Waals surface area contributed by atoms with Gasteiger partial charge in [0.05, 0.1) is 4.92 Å². The summed E-state index contributed by atoms with van der Waals surface area (Å²) >= 11 is 0. The molecule has 1 aromatic carbocycles. The summed E-state index contributed by atoms with van der Waals surface area (Å²) < 4.78 is 0. The molecule has 1 amide bonds. The summed E-state index contributed by atoms with van der Waals surface area (Å²) in [6.45, 7) is 3.10. The van der Waals surface area contributed by atoms with E-state index in [1.54, 1.807) is 0 Å². The normalized spacial score (nSPS) is 14.4. The van der Waals surface area contributed by atoms with Gasteiger partial charge in [0.25, 0.3) is 11.6 Å². The molecule has 6 heteroatoms. The minimum atomic E-state index is -0.450. The Morgan fingerprint density at radius 2 is 2.20 bits per heavy atom. The van der Waals surface area contributed by atoms with Gasteiger partial charge < -0.3 is 10.6 Å². The third kappa shape index (κ3) is 3.26. The molecule has 0 bridgehead atoms. The summed E-state index contributed by atoms with van der Waals surface area (Å²) in [7, 11) is 0. The second-order valence-electron chi connectivity index (χ2n) is 5.03. The molecule has 0 saturated heterocycles. The van der Waals surface area contributed by atoms with Gasteiger partial charge in [0.1, 0.15) is 5.69 Å². The van der Waals surface area contributed by atoms with E-state index in [4.69, 9.17) is 0 Å². The van der Waals surface area contributed by atoms with Crippen molar-refractivity contribution in [1.82, 2.24) is 5.32 Å². The SMILES string of the molecule is CCNc1cc(C(=O)NCC2CCC2)ccc1[N+](=O)[O-]. The number of benzene rings is 1. The third-order valence-corrected chi connectivity index (χ3v) is 3.60. The van der Waals surface area contributed by atoms with Gasteiger partial charge in [-0.1, -0.05) is 6.42 Å². The monoisotopic (exact) mass is 277 g/mol. The first-order valence-corrected chi connectivity index (χ1v) is 6.92. The molecule has 0 radical (unpaired) electrons. The van der Waals surface area contributed by atoms with Crippen molar-refractivity contribution < 1.29 is 9.72 Å². The summed E-state index contributed by atoms with van der Waals surface area (Å²) in [5.41, 5.74) is 0.821. The van der Waals surface area contributed by atoms with Crippen LogP contribution in [-0.2, 0) is 0 Å². The average molecular weight is 277 g/mol. The second-order valence-corrected chi connectivity index (χ2v) is 5.03. The van der Waals surface area contributed by atoms with Gasteiger partial charge in [-0.05, 0) is 37.8 Å². The fraction of sp³-hybridized carbons (Fsp3) is 0.500. The number of hydrogen-bond acceptors (Lipinski definition) is 4. The van der Waals surface area contributed by atoms with Crippen molar-refractivity contribution in [3.8, 4) is 0 Å². The van der Waals surface area contributed by atoms with Crippen molar-refractivity contribution in [2.45, 2.75) is 26.2 Å². The van der Waals surface area contributed by atoms with E-state index in [0.29, 0.717) is 30.3 Å². The van der Waals surface area contributed by atoms with Gasteiger partial charge >= 0.3 is 0 Å². The maximum atomic E-state index is 12.0. The van der Waals surface area contributed by atoms with E-state index in [2.05, 4.69) is 10.6 Å². The first-order chi connectivity index (χ1) is 9.61. The summed E-state index contributed by atoms with van der Waals surface area (Å²) in [6.07, 6.45) is 3.58. The maximum Gasteiger partial charge on any atom is 0.292 e. The number of carbonyl (C=O) groups excluding carboxylic acids is 1. The molecule has 0 spiro atoms. The van der Waals surface area contributed by atoms with Crippen LogP contribution < -0.4 is 10.6 Å². The number of nitrogens with one attached hydrogen (secondary N) is 2. The highest BCUT2D eigenvalue weighted by atomic mass is 16.6. The number of carbonyl (C=O) groups is 1. The Labute approximate surface area is 117 Å². The van der Waals surface area contributed by atoms with E-state index < -0.39 is 4.92 Å². The lowest BCUT2D eigenvalue weighted by Crippen LogP contribution is -2.32. The molecule has 0 atom stereocenters. The Hall–Kier alpha value is -2.11. The van der Waals surface area contributed by atoms with Crippen molar-refractivity contribution in [1.29, 1.82) is 0 Å². The zero-order valence-corrected chi connectivity index (χ0v) is 11.5. The zero-order valence-electron chi connectivity index (χ0n) is 11.5. The Balaban J connectivity index is 2.08. The molecule has 0 unspecified atom stereocenters. The summed E-state index contributed by atoms with van der Waals surface area (Å²) in [5.74, 6) is 0.413. The molecule has 2 N–H and O–H groups in total. The Morgan fingerprint density at radius 3 is 2.75 bits per heavy atom. The zero-order chi connectivity index (χ0) is 14.5. The van der Waals surface area contributed by atoms with Crippen LogP contribution in [0.2, 0.25) is 0 Å². The molecule has 1 aliphatic rings. The smallest absolute Gasteiger partial charge is 0.292 e. The highest BCUT2D eigenvalue weighted by Crippen LogP contribution is 2.26. The molecule has 1 aliphatic carbocycles. The molecule has 1 fully saturated rings. The van der Waals surface area contributed by atoms with Crippen LogP contribution >= 0.6 is 0 Å². The Kier molecular flexibility index (Phi) is 4.55. The van der Waals surface area contributed by atoms with Crippen LogP contribution in [-0.4, -0.2) is 23.9 Å². The largest absolute Gasteiger partial charge is 0.380 e. The molecule has 6 nitrogen and oxygen atoms in total. The van der Waals surface area contributed by atoms with Crippen LogP contribution in [0.3, 0.4) is 0 Å². The molecule has 1 saturated carbocycles. The first-order valence-electron chi connectivity index (χ1n) is 6.92. The highest BCUT2D eigenvalue weighted by molar-refractivity contribution is 5.95. The Morgan fingerprint density at radius 1 is 1.45 bits per heavy atom. The van der Waals surface area contributed by atoms with E-state index >= 15 is 0 Å². The number of nitro groups is 1. The predicted molar refractivity (Wildman–Crippen MR) is 76.9 cm³/mol. The van der Waals surface area contributed by atoms with Gasteiger partial charge in [0, 0.05) is 24.7 Å². The average Bonchev–Trinajstić information content (AvgIpc) is 2.36. The third-order valence-electron chi connectivity index (χ3n) is 3.60. The number of hydrogen-bond donors (Lipinski definition) is 2. The Bertz CT molecular complexity index is 512. The summed E-state index contributed by atoms with van der Waals surface area (Å²) in [5, 5.41) is 16.7. The fourth-order valence-electron chi connectivity index (χ4n) is 2.20. The van der Waals surface area contributed by atoms with Gasteiger partial charge in [-0.3, -0.25) is 14.9 Å². The first kappa shape index (κ1) is 14.3. The van der Waals surface area contributed by atoms with Crippen molar-refractivity contribution in [3.63, 3.8) is 0 Å². The fourth-order valence-corrected chi connectivity index (χ4v) is 2.20. The van der Waals surface area contributed by atoms with Crippen LogP contribution in [0.5, 0.6) is 0 Å². The van der Waals surface area contributed by atoms with Gasteiger partial charge in [-0.25, -0.2) is 0 Å². The van der Waals surface area contributed by atoms with Crippen LogP contribution in [0.15, 0.2) is 18.2 Å². The number of nitrogens with zero attached hydrogens (tertiary/aromatic N) is 1. The van der Waals surface area contributed by atoms with E-state index in [-0.39, 0.29) is 11.6 Å². The lowest BCUT2D eigenvalue weighted by atomic mass is 9.85. The summed E-state index contributed by atoms with van der Waals surface area (Å²) in [6, 6.07) is 4.41. The van der Waals surface area contributed by atoms with Gasteiger partial charge in [-0.2, -0.15) is 0 Å². The van der Waals surface area contributed by atoms with E-state index in [1.165, 1.54) is 37.5 Å². The standard InChI is InChI=1S/C14H19N3O3/c1-2-15-12-8-11(6-7-13(12)17(19)20)14(18)16-9-10-4-3-5-10/h6-8,10,15H,2-5,9H2,1H3,(H,16,18). The summed E-state index contributed by atoms with van der Waals surface area (Å²) in [4.78, 5) is 22.5. The molecule has 0 aromatic heterocycles. The molecule has 0 aliphatic heterocycles. The molecule has 0 heterocycles. The minimum absolute atomic E-state index is 0.0117. The quantitative estimate of drug-likeness (QED) is 0.618. The van der Waals surface area contributed by atoms with Gasteiger partial charge in [0.15, 0.2) is 0 Å². The van der Waals surface area contributed by atoms with Crippen LogP contribution in [0, 0.1) is 16.0 Å². The number of rotatable bonds is 6. The highest BCUT2D eigenvalue weighted by Gasteiger charge is 2.20. The number of nitro benzene ring substituents is 1. The molecular formula is C14H19N3O3. The van der Waals surface area contributed by atoms with E-state index in [9.17, 15) is 14.9 Å². The van der Waals surface area contributed by atoms with Crippen molar-refractivity contribution in [2.75, 3.05) is 18.4 Å². The van der Waals surface area contributed by atoms with Crippen molar-refractivity contribution in [2.24, 2.45) is 5.92 Å². The molecule has 108 valence electrons. The van der Waals surface area contributed by atoms with Crippen LogP contribution in [0.4, 0.5) is 11.4 Å². The number of anilines is 1. The topological polar surface area (TPSA) is 84.3 Å². The molecule has 2 rings (SSSR count). The lowest BCUT2D eigenvalue weighted by Gasteiger charge is -2.25. The number of amides is 1. The maximum absolute atomic E-state index is 12.0. The second kappa shape index (κ2) is 6.36. The van der Waals surface area contributed by atoms with Crippen LogP contribution in [0.1, 0.15) is 36.5 Å². The van der Waals surface area contributed by atoms with Crippen molar-refractivity contribution in [3.05, 3.63) is 33.9 Å². The minimum Gasteiger partial charge on any atom is -0.380 e. The molecule has 20 heavy (non-hydrogen) atoms. The molecule has 1 aromatic rings. The van der Waals surface area contributed by atoms with Gasteiger partial charge in [0.2, 0.25) is 0 Å². The van der Waals surface area contributed by atoms with E-state index in [1.807, 2.05) is 6.92 Å². The van der Waals surface area contributed by atoms with Crippen molar-refractivity contribution >= 4 is 17.3 Å².